The van der Waals surface area contributed by atoms with Crippen molar-refractivity contribution in [1.82, 2.24) is 0 Å². The van der Waals surface area contributed by atoms with Crippen LogP contribution in [0.1, 0.15) is 0 Å². The number of hydrogen-bond acceptors (Lipinski definition) is 4. The van der Waals surface area contributed by atoms with E-state index in [0.717, 1.165) is 0 Å². The molecule has 144 valence electrons. The predicted octanol–water partition coefficient (Wildman–Crippen LogP) is 3.91. The molecule has 0 spiro atoms. The second-order valence-corrected chi connectivity index (χ2v) is 7.29. The first-order chi connectivity index (χ1) is 13.3. The maximum absolute atomic E-state index is 13.2. The van der Waals surface area contributed by atoms with Crippen LogP contribution in [0, 0.1) is 5.82 Å². The largest absolute Gasteiger partial charge is 0.457 e. The molecular weight excluding hydrogens is 385 g/mol. The van der Waals surface area contributed by atoms with Crippen LogP contribution in [0.4, 0.5) is 20.6 Å². The quantitative estimate of drug-likeness (QED) is 0.602. The second kappa shape index (κ2) is 8.07. The Kier molecular flexibility index (Phi) is 5.57. The van der Waals surface area contributed by atoms with E-state index in [2.05, 4.69) is 10.6 Å². The SMILES string of the molecule is NS(=O)(=O)c1ccc(NC(=O)Nc2ccc(Oc3cccc(F)c3)cc2)cc1. The number of hydrogen-bond donors (Lipinski definition) is 3. The fourth-order valence-corrected chi connectivity index (χ4v) is 2.81. The van der Waals surface area contributed by atoms with Crippen molar-refractivity contribution in [2.24, 2.45) is 5.14 Å². The summed E-state index contributed by atoms with van der Waals surface area (Å²) in [6.45, 7) is 0. The van der Waals surface area contributed by atoms with Crippen LogP contribution in [-0.2, 0) is 10.0 Å². The van der Waals surface area contributed by atoms with E-state index in [0.29, 0.717) is 22.9 Å². The van der Waals surface area contributed by atoms with Gasteiger partial charge >= 0.3 is 6.03 Å². The Hall–Kier alpha value is -3.43. The molecule has 9 heteroatoms. The monoisotopic (exact) mass is 401 g/mol. The first kappa shape index (κ1) is 19.3. The summed E-state index contributed by atoms with van der Waals surface area (Å²) in [7, 11) is -3.79. The lowest BCUT2D eigenvalue weighted by Gasteiger charge is -2.09. The summed E-state index contributed by atoms with van der Waals surface area (Å²) in [6.07, 6.45) is 0. The molecule has 3 rings (SSSR count). The number of ether oxygens (including phenoxy) is 1. The highest BCUT2D eigenvalue weighted by Gasteiger charge is 2.08. The van der Waals surface area contributed by atoms with Gasteiger partial charge in [0.15, 0.2) is 0 Å². The number of carbonyl (C=O) groups excluding carboxylic acids is 1. The Morgan fingerprint density at radius 1 is 0.857 bits per heavy atom. The molecule has 0 atom stereocenters. The molecule has 0 aliphatic rings. The van der Waals surface area contributed by atoms with Crippen LogP contribution < -0.4 is 20.5 Å². The Morgan fingerprint density at radius 3 is 1.96 bits per heavy atom. The Bertz CT molecular complexity index is 1080. The molecule has 0 bridgehead atoms. The molecular formula is C19H16FN3O4S. The highest BCUT2D eigenvalue weighted by atomic mass is 32.2. The minimum absolute atomic E-state index is 0.0488. The van der Waals surface area contributed by atoms with E-state index in [9.17, 15) is 17.6 Å². The molecule has 0 aromatic heterocycles. The molecule has 28 heavy (non-hydrogen) atoms. The molecule has 0 aliphatic heterocycles. The average molecular weight is 401 g/mol. The summed E-state index contributed by atoms with van der Waals surface area (Å²) in [5, 5.41) is 10.2. The Balaban J connectivity index is 1.58. The Labute approximate surface area is 161 Å². The van der Waals surface area contributed by atoms with Gasteiger partial charge in [-0.3, -0.25) is 0 Å². The third-order valence-corrected chi connectivity index (χ3v) is 4.51. The average Bonchev–Trinajstić information content (AvgIpc) is 2.63. The maximum atomic E-state index is 13.2. The summed E-state index contributed by atoms with van der Waals surface area (Å²) in [5.41, 5.74) is 0.904. The van der Waals surface area contributed by atoms with Gasteiger partial charge in [-0.2, -0.15) is 0 Å². The summed E-state index contributed by atoms with van der Waals surface area (Å²) in [5.74, 6) is 0.445. The molecule has 0 fully saturated rings. The number of benzene rings is 3. The number of nitrogens with one attached hydrogen (secondary N) is 2. The van der Waals surface area contributed by atoms with Gasteiger partial charge in [-0.15, -0.1) is 0 Å². The van der Waals surface area contributed by atoms with Crippen molar-refractivity contribution in [2.45, 2.75) is 4.90 Å². The lowest BCUT2D eigenvalue weighted by atomic mass is 10.3. The third-order valence-electron chi connectivity index (χ3n) is 3.58. The van der Waals surface area contributed by atoms with Crippen molar-refractivity contribution in [2.75, 3.05) is 10.6 Å². The number of carbonyl (C=O) groups is 1. The molecule has 0 aliphatic carbocycles. The zero-order valence-corrected chi connectivity index (χ0v) is 15.2. The van der Waals surface area contributed by atoms with Gasteiger partial charge in [0.2, 0.25) is 10.0 Å². The van der Waals surface area contributed by atoms with E-state index in [4.69, 9.17) is 9.88 Å². The number of amides is 2. The first-order valence-electron chi connectivity index (χ1n) is 8.04. The van der Waals surface area contributed by atoms with Crippen LogP contribution in [0.3, 0.4) is 0 Å². The number of rotatable bonds is 5. The zero-order chi connectivity index (χ0) is 20.1. The molecule has 0 radical (unpaired) electrons. The van der Waals surface area contributed by atoms with Gasteiger partial charge in [0.05, 0.1) is 4.90 Å². The predicted molar refractivity (Wildman–Crippen MR) is 103 cm³/mol. The second-order valence-electron chi connectivity index (χ2n) is 5.73. The third kappa shape index (κ3) is 5.29. The summed E-state index contributed by atoms with van der Waals surface area (Å²) in [4.78, 5) is 12.0. The van der Waals surface area contributed by atoms with Crippen molar-refractivity contribution >= 4 is 27.4 Å². The molecule has 4 N–H and O–H groups in total. The van der Waals surface area contributed by atoms with Crippen LogP contribution in [0.2, 0.25) is 0 Å². The van der Waals surface area contributed by atoms with Crippen LogP contribution >= 0.6 is 0 Å². The highest BCUT2D eigenvalue weighted by molar-refractivity contribution is 7.89. The summed E-state index contributed by atoms with van der Waals surface area (Å²) < 4.78 is 41.1. The number of sulfonamides is 1. The minimum atomic E-state index is -3.79. The smallest absolute Gasteiger partial charge is 0.323 e. The van der Waals surface area contributed by atoms with Crippen LogP contribution in [0.25, 0.3) is 0 Å². The van der Waals surface area contributed by atoms with Crippen LogP contribution in [0.15, 0.2) is 77.7 Å². The number of halogens is 1. The van der Waals surface area contributed by atoms with Gasteiger partial charge in [0, 0.05) is 17.4 Å². The summed E-state index contributed by atoms with van der Waals surface area (Å²) >= 11 is 0. The number of primary sulfonamides is 1. The summed E-state index contributed by atoms with van der Waals surface area (Å²) in [6, 6.07) is 17.2. The van der Waals surface area contributed by atoms with E-state index in [1.807, 2.05) is 0 Å². The Morgan fingerprint density at radius 2 is 1.43 bits per heavy atom. The number of anilines is 2. The van der Waals surface area contributed by atoms with Crippen molar-refractivity contribution < 1.29 is 22.3 Å². The minimum Gasteiger partial charge on any atom is -0.457 e. The molecule has 0 saturated carbocycles. The van der Waals surface area contributed by atoms with Gasteiger partial charge in [-0.25, -0.2) is 22.7 Å². The van der Waals surface area contributed by atoms with Crippen LogP contribution in [0.5, 0.6) is 11.5 Å². The van der Waals surface area contributed by atoms with Gasteiger partial charge < -0.3 is 15.4 Å². The molecule has 3 aromatic carbocycles. The van der Waals surface area contributed by atoms with E-state index < -0.39 is 21.9 Å². The standard InChI is InChI=1S/C19H16FN3O4S/c20-13-2-1-3-17(12-13)27-16-8-4-14(5-9-16)22-19(24)23-15-6-10-18(11-7-15)28(21,25)26/h1-12H,(H2,21,25,26)(H2,22,23,24). The lowest BCUT2D eigenvalue weighted by molar-refractivity contribution is 0.262. The van der Waals surface area contributed by atoms with Crippen molar-refractivity contribution in [3.8, 4) is 11.5 Å². The first-order valence-corrected chi connectivity index (χ1v) is 9.58. The topological polar surface area (TPSA) is 111 Å². The lowest BCUT2D eigenvalue weighted by Crippen LogP contribution is -2.19. The molecule has 0 unspecified atom stereocenters. The number of nitrogens with two attached hydrogens (primary N) is 1. The van der Waals surface area contributed by atoms with Crippen molar-refractivity contribution in [1.29, 1.82) is 0 Å². The molecule has 0 saturated heterocycles. The molecule has 2 amide bonds. The highest BCUT2D eigenvalue weighted by Crippen LogP contribution is 2.23. The van der Waals surface area contributed by atoms with Gasteiger partial charge in [0.25, 0.3) is 0 Å². The van der Waals surface area contributed by atoms with Gasteiger partial charge in [-0.05, 0) is 60.7 Å². The fraction of sp³-hybridized carbons (Fsp3) is 0. The van der Waals surface area contributed by atoms with E-state index in [1.165, 1.54) is 36.4 Å². The van der Waals surface area contributed by atoms with E-state index in [1.54, 1.807) is 36.4 Å². The van der Waals surface area contributed by atoms with E-state index in [-0.39, 0.29) is 4.90 Å². The normalized spacial score (nSPS) is 10.9. The van der Waals surface area contributed by atoms with Crippen molar-refractivity contribution in [3.05, 3.63) is 78.6 Å². The fourth-order valence-electron chi connectivity index (χ4n) is 2.29. The maximum Gasteiger partial charge on any atom is 0.323 e. The van der Waals surface area contributed by atoms with Gasteiger partial charge in [-0.1, -0.05) is 6.07 Å². The number of urea groups is 1. The molecule has 7 nitrogen and oxygen atoms in total. The van der Waals surface area contributed by atoms with Crippen molar-refractivity contribution in [3.63, 3.8) is 0 Å². The van der Waals surface area contributed by atoms with Crippen LogP contribution in [-0.4, -0.2) is 14.4 Å². The van der Waals surface area contributed by atoms with E-state index >= 15 is 0 Å². The zero-order valence-electron chi connectivity index (χ0n) is 14.4. The van der Waals surface area contributed by atoms with Gasteiger partial charge in [0.1, 0.15) is 17.3 Å². The molecule has 3 aromatic rings. The molecule has 0 heterocycles.